The zero-order valence-corrected chi connectivity index (χ0v) is 23.9. The largest absolute Gasteiger partial charge is 0.471 e. The molecule has 0 atom stereocenters. The van der Waals surface area contributed by atoms with Crippen LogP contribution in [0.25, 0.3) is 33.4 Å². The zero-order valence-electron chi connectivity index (χ0n) is 23.9. The highest BCUT2D eigenvalue weighted by molar-refractivity contribution is 6.11. The van der Waals surface area contributed by atoms with Gasteiger partial charge in [-0.2, -0.15) is 73.7 Å². The van der Waals surface area contributed by atoms with Gasteiger partial charge in [-0.15, -0.1) is 0 Å². The van der Waals surface area contributed by atoms with Gasteiger partial charge in [0.25, 0.3) is 12.2 Å². The maximum atomic E-state index is 13.2. The van der Waals surface area contributed by atoms with Crippen LogP contribution in [0.2, 0.25) is 0 Å². The van der Waals surface area contributed by atoms with Gasteiger partial charge in [-0.05, 0) is 80.9 Å². The van der Waals surface area contributed by atoms with E-state index in [0.717, 1.165) is 36.4 Å². The third-order valence-corrected chi connectivity index (χ3v) is 7.44. The lowest BCUT2D eigenvalue weighted by molar-refractivity contribution is -0.300. The van der Waals surface area contributed by atoms with E-state index in [1.54, 1.807) is 24.3 Å². The van der Waals surface area contributed by atoms with Crippen LogP contribution >= 0.6 is 0 Å². The minimum Gasteiger partial charge on any atom is -0.471 e. The summed E-state index contributed by atoms with van der Waals surface area (Å²) < 4.78 is 167. The number of rotatable bonds is 4. The number of hydrogen-bond donors (Lipinski definition) is 0. The van der Waals surface area contributed by atoms with Gasteiger partial charge in [0.05, 0.1) is 0 Å². The average Bonchev–Trinajstić information content (AvgIpc) is 3.48. The molecule has 0 unspecified atom stereocenters. The van der Waals surface area contributed by atoms with Gasteiger partial charge in [0.2, 0.25) is 0 Å². The second-order valence-corrected chi connectivity index (χ2v) is 10.5. The standard InChI is InChI=1S/C32H10F12N4O2/c33-29(34,35)27(30(36,37)38)49-15-1-3-17-19-7-20-18-4-2-16(50-28(31(39,40)41)32(42,43)44)6-22(18)26(14(11-47)12-48)24(20)8-23(19)25(21(17)5-15)13(9-45)10-46/h1-8,27-28H. The van der Waals surface area contributed by atoms with Gasteiger partial charge >= 0.3 is 24.7 Å². The van der Waals surface area contributed by atoms with Gasteiger partial charge in [-0.1, -0.05) is 12.1 Å². The lowest BCUT2D eigenvalue weighted by Crippen LogP contribution is -2.46. The van der Waals surface area contributed by atoms with Crippen LogP contribution in [0.15, 0.2) is 59.7 Å². The summed E-state index contributed by atoms with van der Waals surface area (Å²) in [6.45, 7) is 0. The Bertz CT molecular complexity index is 1970. The molecule has 3 aromatic carbocycles. The Morgan fingerprint density at radius 2 is 0.700 bits per heavy atom. The van der Waals surface area contributed by atoms with Crippen molar-refractivity contribution in [3.8, 4) is 58.0 Å². The summed E-state index contributed by atoms with van der Waals surface area (Å²) in [5.74, 6) is -1.88. The van der Waals surface area contributed by atoms with E-state index in [2.05, 4.69) is 9.47 Å². The number of hydrogen-bond acceptors (Lipinski definition) is 6. The van der Waals surface area contributed by atoms with Gasteiger partial charge in [-0.25, -0.2) is 0 Å². The molecule has 0 aliphatic heterocycles. The normalized spacial score (nSPS) is 13.4. The number of nitrogens with zero attached hydrogens (tertiary/aromatic N) is 4. The SMILES string of the molecule is N#CC(C#N)=C1c2cc(OC(C(F)(F)F)C(F)(F)F)ccc2-c2cc3c(cc21)C(=C(C#N)C#N)c1cc(OC(C(F)(F)F)C(F)(F)F)ccc1-3. The number of benzene rings is 3. The molecule has 0 fully saturated rings. The van der Waals surface area contributed by atoms with Crippen molar-refractivity contribution in [3.05, 3.63) is 81.9 Å². The highest BCUT2D eigenvalue weighted by atomic mass is 19.4. The molecule has 0 amide bonds. The van der Waals surface area contributed by atoms with Crippen molar-refractivity contribution in [3.63, 3.8) is 0 Å². The molecule has 50 heavy (non-hydrogen) atoms. The molecule has 2 aliphatic carbocycles. The van der Waals surface area contributed by atoms with E-state index in [1.165, 1.54) is 12.1 Å². The van der Waals surface area contributed by atoms with Crippen molar-refractivity contribution in [2.45, 2.75) is 36.9 Å². The fourth-order valence-corrected chi connectivity index (χ4v) is 5.55. The highest BCUT2D eigenvalue weighted by Crippen LogP contribution is 2.54. The van der Waals surface area contributed by atoms with Crippen LogP contribution < -0.4 is 9.47 Å². The molecule has 0 saturated heterocycles. The number of allylic oxidation sites excluding steroid dienone is 2. The van der Waals surface area contributed by atoms with Crippen LogP contribution in [0, 0.1) is 45.3 Å². The molecule has 5 rings (SSSR count). The third kappa shape index (κ3) is 6.01. The first-order chi connectivity index (χ1) is 23.1. The molecular formula is C32H10F12N4O2. The minimum atomic E-state index is -5.88. The summed E-state index contributed by atoms with van der Waals surface area (Å²) in [5, 5.41) is 38.8. The summed E-state index contributed by atoms with van der Waals surface area (Å²) in [6.07, 6.45) is -32.0. The van der Waals surface area contributed by atoms with Gasteiger partial charge < -0.3 is 9.47 Å². The lowest BCUT2D eigenvalue weighted by atomic mass is 9.93. The molecule has 0 spiro atoms. The summed E-state index contributed by atoms with van der Waals surface area (Å²) >= 11 is 0. The first-order valence-corrected chi connectivity index (χ1v) is 13.3. The van der Waals surface area contributed by atoms with Gasteiger partial charge in [0.1, 0.15) is 46.9 Å². The van der Waals surface area contributed by atoms with Crippen molar-refractivity contribution in [1.82, 2.24) is 0 Å². The van der Waals surface area contributed by atoms with Crippen LogP contribution in [0.4, 0.5) is 52.7 Å². The predicted molar refractivity (Wildman–Crippen MR) is 145 cm³/mol. The molecule has 2 aliphatic rings. The van der Waals surface area contributed by atoms with Crippen molar-refractivity contribution < 1.29 is 62.2 Å². The predicted octanol–water partition coefficient (Wildman–Crippen LogP) is 9.09. The lowest BCUT2D eigenvalue weighted by Gasteiger charge is -2.24. The summed E-state index contributed by atoms with van der Waals surface area (Å²) in [5.41, 5.74) is -2.02. The van der Waals surface area contributed by atoms with E-state index in [0.29, 0.717) is 0 Å². The van der Waals surface area contributed by atoms with E-state index >= 15 is 0 Å². The number of ether oxygens (including phenoxy) is 2. The zero-order chi connectivity index (χ0) is 37.1. The van der Waals surface area contributed by atoms with E-state index < -0.39 is 59.6 Å². The number of nitriles is 4. The van der Waals surface area contributed by atoms with E-state index in [9.17, 15) is 73.7 Å². The van der Waals surface area contributed by atoms with Crippen LogP contribution in [0.1, 0.15) is 22.3 Å². The Morgan fingerprint density at radius 3 is 0.980 bits per heavy atom. The van der Waals surface area contributed by atoms with Crippen LogP contribution in [0.5, 0.6) is 11.5 Å². The topological polar surface area (TPSA) is 114 Å². The van der Waals surface area contributed by atoms with E-state index in [-0.39, 0.29) is 55.7 Å². The monoisotopic (exact) mass is 710 g/mol. The Labute approximate surface area is 271 Å². The summed E-state index contributed by atoms with van der Waals surface area (Å²) in [6, 6.07) is 14.0. The van der Waals surface area contributed by atoms with Crippen molar-refractivity contribution in [1.29, 1.82) is 21.0 Å². The Kier molecular flexibility index (Phi) is 8.28. The maximum absolute atomic E-state index is 13.2. The second-order valence-electron chi connectivity index (χ2n) is 10.5. The molecule has 0 saturated carbocycles. The summed E-state index contributed by atoms with van der Waals surface area (Å²) in [4.78, 5) is 0. The fourth-order valence-electron chi connectivity index (χ4n) is 5.55. The molecule has 254 valence electrons. The maximum Gasteiger partial charge on any atom is 0.434 e. The third-order valence-electron chi connectivity index (χ3n) is 7.44. The molecule has 0 aromatic heterocycles. The molecule has 6 nitrogen and oxygen atoms in total. The van der Waals surface area contributed by atoms with E-state index in [4.69, 9.17) is 0 Å². The minimum absolute atomic E-state index is 0.0385. The van der Waals surface area contributed by atoms with Crippen molar-refractivity contribution >= 4 is 11.1 Å². The van der Waals surface area contributed by atoms with Gasteiger partial charge in [0.15, 0.2) is 0 Å². The van der Waals surface area contributed by atoms with Gasteiger partial charge in [-0.3, -0.25) is 0 Å². The molecule has 0 bridgehead atoms. The summed E-state index contributed by atoms with van der Waals surface area (Å²) in [7, 11) is 0. The van der Waals surface area contributed by atoms with Gasteiger partial charge in [0, 0.05) is 11.1 Å². The average molecular weight is 710 g/mol. The first kappa shape index (κ1) is 35.2. The molecule has 0 heterocycles. The quantitative estimate of drug-likeness (QED) is 0.136. The molecular weight excluding hydrogens is 700 g/mol. The van der Waals surface area contributed by atoms with E-state index in [1.807, 2.05) is 0 Å². The van der Waals surface area contributed by atoms with Crippen LogP contribution in [-0.4, -0.2) is 36.9 Å². The van der Waals surface area contributed by atoms with Crippen molar-refractivity contribution in [2.75, 3.05) is 0 Å². The highest BCUT2D eigenvalue weighted by Gasteiger charge is 2.60. The second kappa shape index (κ2) is 11.8. The first-order valence-electron chi connectivity index (χ1n) is 13.3. The number of halogens is 12. The molecule has 0 N–H and O–H groups in total. The molecule has 18 heteroatoms. The fraction of sp³-hybridized carbons (Fsp3) is 0.188. The molecule has 3 aromatic rings. The number of alkyl halides is 12. The smallest absolute Gasteiger partial charge is 0.434 e. The molecule has 0 radical (unpaired) electrons. The van der Waals surface area contributed by atoms with Crippen molar-refractivity contribution in [2.24, 2.45) is 0 Å². The Morgan fingerprint density at radius 1 is 0.420 bits per heavy atom. The Hall–Kier alpha value is -6.14. The Balaban J connectivity index is 1.73. The van der Waals surface area contributed by atoms with Crippen LogP contribution in [-0.2, 0) is 0 Å². The number of fused-ring (bicyclic) bond motifs is 6. The van der Waals surface area contributed by atoms with Crippen LogP contribution in [0.3, 0.4) is 0 Å².